The minimum Gasteiger partial charge on any atom is -0.456 e. The van der Waals surface area contributed by atoms with E-state index in [0.29, 0.717) is 17.5 Å². The van der Waals surface area contributed by atoms with Crippen molar-refractivity contribution in [2.24, 2.45) is 0 Å². The summed E-state index contributed by atoms with van der Waals surface area (Å²) in [6.07, 6.45) is 1.94. The lowest BCUT2D eigenvalue weighted by Gasteiger charge is -2.19. The van der Waals surface area contributed by atoms with Crippen LogP contribution in [0.15, 0.2) is 229 Å². The highest BCUT2D eigenvalue weighted by Crippen LogP contribution is 2.48. The summed E-state index contributed by atoms with van der Waals surface area (Å²) >= 11 is 1.80. The van der Waals surface area contributed by atoms with Gasteiger partial charge in [-0.1, -0.05) is 170 Å². The largest absolute Gasteiger partial charge is 0.456 e. The number of rotatable bonds is 6. The van der Waals surface area contributed by atoms with Gasteiger partial charge in [-0.3, -0.25) is 0 Å². The normalized spacial score (nSPS) is 13.6. The van der Waals surface area contributed by atoms with E-state index in [1.165, 1.54) is 75.5 Å². The van der Waals surface area contributed by atoms with Crippen molar-refractivity contribution in [1.82, 2.24) is 19.5 Å². The molecule has 1 atom stereocenters. The molecule has 4 aromatic heterocycles. The Balaban J connectivity index is 0.911. The molecule has 14 aromatic rings. The van der Waals surface area contributed by atoms with Gasteiger partial charge in [0, 0.05) is 70.0 Å². The van der Waals surface area contributed by atoms with Gasteiger partial charge in [-0.15, -0.1) is 11.3 Å². The standard InChI is InChI=1S/C66H42N4OS/c1-4-15-40(16-5-1)46-32-34-52-48(33-35-53-49-21-10-12-24-57(49)70(63(52)53)45-19-8-3-9-20-45)55-37-42(27-30-47(46)55)43-29-36-58-56(38-43)62-54(23-14-25-59(62)71-58)66-68-64(41-17-6-2-7-18-41)67-65(69-66)44-28-31-51-50-22-11-13-26-60(50)72-61(51)39-44/h1-31,33,35-39,46H,32,34H2. The number of aromatic nitrogens is 4. The number of hydrogen-bond acceptors (Lipinski definition) is 5. The Morgan fingerprint density at radius 1 is 0.431 bits per heavy atom. The Morgan fingerprint density at radius 3 is 1.97 bits per heavy atom. The molecule has 0 N–H and O–H groups in total. The summed E-state index contributed by atoms with van der Waals surface area (Å²) in [5.41, 5.74) is 17.0. The minimum atomic E-state index is 0.230. The first kappa shape index (κ1) is 40.9. The van der Waals surface area contributed by atoms with E-state index in [4.69, 9.17) is 19.4 Å². The van der Waals surface area contributed by atoms with Crippen molar-refractivity contribution in [2.45, 2.75) is 18.8 Å². The van der Waals surface area contributed by atoms with E-state index < -0.39 is 0 Å². The number of para-hydroxylation sites is 2. The van der Waals surface area contributed by atoms with Crippen LogP contribution in [0, 0.1) is 0 Å². The predicted octanol–water partition coefficient (Wildman–Crippen LogP) is 17.6. The Hall–Kier alpha value is -8.97. The molecule has 338 valence electrons. The van der Waals surface area contributed by atoms with Gasteiger partial charge in [0.05, 0.1) is 11.0 Å². The number of fused-ring (bicyclic) bond motifs is 13. The molecular weight excluding hydrogens is 897 g/mol. The molecule has 0 spiro atoms. The van der Waals surface area contributed by atoms with Crippen LogP contribution < -0.4 is 0 Å². The zero-order valence-corrected chi connectivity index (χ0v) is 39.8. The van der Waals surface area contributed by atoms with Gasteiger partial charge in [-0.05, 0) is 106 Å². The number of nitrogens with zero attached hydrogens (tertiary/aromatic N) is 4. The zero-order valence-electron chi connectivity index (χ0n) is 39.0. The summed E-state index contributed by atoms with van der Waals surface area (Å²) in [5.74, 6) is 2.08. The van der Waals surface area contributed by atoms with Crippen LogP contribution in [0.2, 0.25) is 0 Å². The Bertz CT molecular complexity index is 4460. The van der Waals surface area contributed by atoms with Crippen molar-refractivity contribution < 1.29 is 4.42 Å². The number of hydrogen-bond donors (Lipinski definition) is 0. The second-order valence-corrected chi connectivity index (χ2v) is 20.0. The summed E-state index contributed by atoms with van der Waals surface area (Å²) in [5, 5.41) is 7.05. The topological polar surface area (TPSA) is 56.7 Å². The van der Waals surface area contributed by atoms with Gasteiger partial charge < -0.3 is 8.98 Å². The third kappa shape index (κ3) is 6.49. The van der Waals surface area contributed by atoms with Crippen LogP contribution >= 0.6 is 11.3 Å². The number of benzene rings is 10. The molecule has 5 nitrogen and oxygen atoms in total. The smallest absolute Gasteiger partial charge is 0.164 e. The molecule has 72 heavy (non-hydrogen) atoms. The van der Waals surface area contributed by atoms with Crippen LogP contribution in [0.5, 0.6) is 0 Å². The molecule has 0 aliphatic heterocycles. The van der Waals surface area contributed by atoms with Gasteiger partial charge in [0.25, 0.3) is 0 Å². The lowest BCUT2D eigenvalue weighted by molar-refractivity contribution is 0.669. The molecule has 0 bridgehead atoms. The first-order valence-corrected chi connectivity index (χ1v) is 25.5. The summed E-state index contributed by atoms with van der Waals surface area (Å²) in [6.45, 7) is 0. The van der Waals surface area contributed by atoms with Crippen molar-refractivity contribution in [3.8, 4) is 62.1 Å². The molecule has 10 aromatic carbocycles. The molecule has 6 heteroatoms. The van der Waals surface area contributed by atoms with Crippen molar-refractivity contribution in [3.63, 3.8) is 0 Å². The molecule has 0 radical (unpaired) electrons. The van der Waals surface area contributed by atoms with E-state index in [1.807, 2.05) is 30.3 Å². The van der Waals surface area contributed by atoms with E-state index in [9.17, 15) is 0 Å². The number of aryl methyl sites for hydroxylation is 1. The highest BCUT2D eigenvalue weighted by atomic mass is 32.1. The Kier molecular flexibility index (Phi) is 9.26. The first-order chi connectivity index (χ1) is 35.7. The Morgan fingerprint density at radius 2 is 1.11 bits per heavy atom. The fourth-order valence-electron chi connectivity index (χ4n) is 11.6. The van der Waals surface area contributed by atoms with Gasteiger partial charge in [-0.2, -0.15) is 0 Å². The summed E-state index contributed by atoms with van der Waals surface area (Å²) in [4.78, 5) is 15.6. The molecule has 0 fully saturated rings. The molecule has 1 unspecified atom stereocenters. The average molecular weight is 939 g/mol. The van der Waals surface area contributed by atoms with Gasteiger partial charge in [0.1, 0.15) is 11.2 Å². The van der Waals surface area contributed by atoms with Crippen LogP contribution in [-0.2, 0) is 6.42 Å². The summed E-state index contributed by atoms with van der Waals surface area (Å²) < 4.78 is 11.6. The van der Waals surface area contributed by atoms with Gasteiger partial charge in [-0.25, -0.2) is 15.0 Å². The van der Waals surface area contributed by atoms with Crippen LogP contribution in [0.25, 0.3) is 126 Å². The van der Waals surface area contributed by atoms with E-state index >= 15 is 0 Å². The first-order valence-electron chi connectivity index (χ1n) is 24.7. The average Bonchev–Trinajstić information content (AvgIpc) is 4.09. The quantitative estimate of drug-likeness (QED) is 0.167. The minimum absolute atomic E-state index is 0.230. The maximum atomic E-state index is 6.67. The maximum Gasteiger partial charge on any atom is 0.164 e. The number of furan rings is 1. The number of thiophene rings is 1. The van der Waals surface area contributed by atoms with Gasteiger partial charge in [0.2, 0.25) is 0 Å². The molecule has 1 aliphatic carbocycles. The molecule has 15 rings (SSSR count). The molecule has 0 amide bonds. The van der Waals surface area contributed by atoms with Crippen molar-refractivity contribution >= 4 is 75.3 Å². The highest BCUT2D eigenvalue weighted by Gasteiger charge is 2.28. The van der Waals surface area contributed by atoms with E-state index in [-0.39, 0.29) is 5.92 Å². The van der Waals surface area contributed by atoms with Crippen LogP contribution in [0.4, 0.5) is 0 Å². The van der Waals surface area contributed by atoms with Crippen molar-refractivity contribution in [3.05, 3.63) is 241 Å². The van der Waals surface area contributed by atoms with Crippen molar-refractivity contribution in [1.29, 1.82) is 0 Å². The molecule has 4 heterocycles. The van der Waals surface area contributed by atoms with Crippen LogP contribution in [0.1, 0.15) is 29.0 Å². The fraction of sp³-hybridized carbons (Fsp3) is 0.0455. The summed E-state index contributed by atoms with van der Waals surface area (Å²) in [7, 11) is 0. The SMILES string of the molecule is c1ccc(-c2nc(-c3ccc4c(c3)sc3ccccc34)nc(-c3cccc4oc5ccc(-c6ccc7c(c6)-c6ccc8c9ccccc9n(-c9ccccc9)c8c6CCC7c6ccccc6)cc5c34)n2)cc1. The lowest BCUT2D eigenvalue weighted by atomic mass is 9.84. The second kappa shape index (κ2) is 16.3. The molecular formula is C66H42N4OS. The third-order valence-electron chi connectivity index (χ3n) is 14.9. The molecule has 1 aliphatic rings. The van der Waals surface area contributed by atoms with Gasteiger partial charge >= 0.3 is 0 Å². The monoisotopic (exact) mass is 938 g/mol. The second-order valence-electron chi connectivity index (χ2n) is 19.0. The van der Waals surface area contributed by atoms with E-state index in [2.05, 4.69) is 199 Å². The fourth-order valence-corrected chi connectivity index (χ4v) is 12.8. The maximum absolute atomic E-state index is 6.67. The van der Waals surface area contributed by atoms with Gasteiger partial charge in [0.15, 0.2) is 17.5 Å². The van der Waals surface area contributed by atoms with Crippen LogP contribution in [-0.4, -0.2) is 19.5 Å². The molecule has 0 saturated carbocycles. The van der Waals surface area contributed by atoms with E-state index in [0.717, 1.165) is 62.6 Å². The third-order valence-corrected chi connectivity index (χ3v) is 16.1. The predicted molar refractivity (Wildman–Crippen MR) is 298 cm³/mol. The zero-order chi connectivity index (χ0) is 47.3. The van der Waals surface area contributed by atoms with Crippen LogP contribution in [0.3, 0.4) is 0 Å². The Labute approximate surface area is 419 Å². The summed E-state index contributed by atoms with van der Waals surface area (Å²) in [6, 6.07) is 80.9. The van der Waals surface area contributed by atoms with E-state index in [1.54, 1.807) is 11.3 Å². The highest BCUT2D eigenvalue weighted by molar-refractivity contribution is 7.25. The molecule has 0 saturated heterocycles. The van der Waals surface area contributed by atoms with Crippen molar-refractivity contribution in [2.75, 3.05) is 0 Å². The lowest BCUT2D eigenvalue weighted by Crippen LogP contribution is -2.02.